The third-order valence-corrected chi connectivity index (χ3v) is 3.03. The van der Waals surface area contributed by atoms with Crippen LogP contribution in [0.2, 0.25) is 0 Å². The predicted molar refractivity (Wildman–Crippen MR) is 67.8 cm³/mol. The summed E-state index contributed by atoms with van der Waals surface area (Å²) in [4.78, 5) is 26.1. The van der Waals surface area contributed by atoms with Crippen molar-refractivity contribution in [2.24, 2.45) is 4.99 Å². The average molecular weight is 263 g/mol. The number of benzene rings is 1. The molecule has 0 aromatic heterocycles. The number of nitro groups is 1. The highest BCUT2D eigenvalue weighted by molar-refractivity contribution is 5.56. The van der Waals surface area contributed by atoms with Crippen molar-refractivity contribution in [3.63, 3.8) is 0 Å². The van der Waals surface area contributed by atoms with Crippen LogP contribution in [0.15, 0.2) is 29.3 Å². The molecule has 0 amide bonds. The van der Waals surface area contributed by atoms with Gasteiger partial charge in [0.25, 0.3) is 0 Å². The van der Waals surface area contributed by atoms with Crippen molar-refractivity contribution in [1.29, 1.82) is 0 Å². The fraction of sp³-hybridized carbons (Fsp3) is 0.417. The van der Waals surface area contributed by atoms with Crippen LogP contribution in [0, 0.1) is 10.1 Å². The Morgan fingerprint density at radius 3 is 2.74 bits per heavy atom. The maximum absolute atomic E-state index is 11.0. The van der Waals surface area contributed by atoms with Gasteiger partial charge in [0.15, 0.2) is 0 Å². The molecule has 0 saturated carbocycles. The van der Waals surface area contributed by atoms with Crippen LogP contribution in [0.4, 0.5) is 11.4 Å². The van der Waals surface area contributed by atoms with Crippen LogP contribution in [-0.2, 0) is 9.53 Å². The number of morpholine rings is 1. The van der Waals surface area contributed by atoms with E-state index in [1.807, 2.05) is 4.90 Å². The third-order valence-electron chi connectivity index (χ3n) is 3.03. The fourth-order valence-electron chi connectivity index (χ4n) is 1.98. The maximum Gasteiger partial charge on any atom is 0.339 e. The summed E-state index contributed by atoms with van der Waals surface area (Å²) in [6.07, 6.45) is 1.46. The summed E-state index contributed by atoms with van der Waals surface area (Å²) in [6.45, 7) is 2.52. The molecule has 0 bridgehead atoms. The first-order valence-electron chi connectivity index (χ1n) is 5.76. The van der Waals surface area contributed by atoms with E-state index in [-0.39, 0.29) is 6.54 Å². The van der Waals surface area contributed by atoms with E-state index < -0.39 is 10.6 Å². The van der Waals surface area contributed by atoms with E-state index in [9.17, 15) is 14.9 Å². The Labute approximate surface area is 109 Å². The second kappa shape index (κ2) is 5.17. The topological polar surface area (TPSA) is 85.0 Å². The van der Waals surface area contributed by atoms with Gasteiger partial charge in [-0.3, -0.25) is 10.1 Å². The summed E-state index contributed by atoms with van der Waals surface area (Å²) >= 11 is 0. The van der Waals surface area contributed by atoms with Crippen molar-refractivity contribution >= 4 is 17.5 Å². The minimum atomic E-state index is -1.39. The van der Waals surface area contributed by atoms with Gasteiger partial charge in [-0.15, -0.1) is 0 Å². The van der Waals surface area contributed by atoms with Crippen molar-refractivity contribution < 1.29 is 14.5 Å². The van der Waals surface area contributed by atoms with Crippen LogP contribution in [-0.4, -0.2) is 36.4 Å². The molecule has 1 aromatic carbocycles. The monoisotopic (exact) mass is 263 g/mol. The first kappa shape index (κ1) is 13.2. The molecule has 1 aliphatic heterocycles. The average Bonchev–Trinajstić information content (AvgIpc) is 2.40. The standard InChI is InChI=1S/C12H13N3O4/c1-12(15(17)18)8-14(6-7-19-12)11-4-2-10(3-5-11)13-9-16/h2-5H,6-8H2,1H3. The van der Waals surface area contributed by atoms with Crippen molar-refractivity contribution in [3.05, 3.63) is 34.4 Å². The Kier molecular flexibility index (Phi) is 3.59. The Balaban J connectivity index is 2.17. The molecule has 7 nitrogen and oxygen atoms in total. The van der Waals surface area contributed by atoms with E-state index in [4.69, 9.17) is 4.74 Å². The molecule has 1 heterocycles. The van der Waals surface area contributed by atoms with E-state index in [1.165, 1.54) is 13.0 Å². The SMILES string of the molecule is CC1([N+](=O)[O-])CN(c2ccc(N=C=O)cc2)CCO1. The minimum Gasteiger partial charge on any atom is -0.360 e. The van der Waals surface area contributed by atoms with Gasteiger partial charge in [0.1, 0.15) is 6.54 Å². The number of nitrogens with zero attached hydrogens (tertiary/aromatic N) is 3. The van der Waals surface area contributed by atoms with E-state index >= 15 is 0 Å². The van der Waals surface area contributed by atoms with Gasteiger partial charge >= 0.3 is 5.72 Å². The van der Waals surface area contributed by atoms with E-state index in [1.54, 1.807) is 24.3 Å². The molecular formula is C12H13N3O4. The van der Waals surface area contributed by atoms with Gasteiger partial charge in [-0.05, 0) is 24.3 Å². The van der Waals surface area contributed by atoms with Crippen LogP contribution in [0.25, 0.3) is 0 Å². The summed E-state index contributed by atoms with van der Waals surface area (Å²) in [5, 5.41) is 11.0. The highest BCUT2D eigenvalue weighted by Gasteiger charge is 2.43. The second-order valence-electron chi connectivity index (χ2n) is 4.42. The summed E-state index contributed by atoms with van der Waals surface area (Å²) in [7, 11) is 0. The zero-order chi connectivity index (χ0) is 13.9. The predicted octanol–water partition coefficient (Wildman–Crippen LogP) is 1.48. The number of ether oxygens (including phenoxy) is 1. The zero-order valence-corrected chi connectivity index (χ0v) is 10.4. The molecule has 1 aromatic rings. The summed E-state index contributed by atoms with van der Waals surface area (Å²) in [6, 6.07) is 6.86. The number of hydrogen-bond donors (Lipinski definition) is 0. The molecule has 1 aliphatic rings. The Morgan fingerprint density at radius 1 is 1.47 bits per heavy atom. The molecule has 0 N–H and O–H groups in total. The van der Waals surface area contributed by atoms with Gasteiger partial charge in [-0.1, -0.05) is 0 Å². The van der Waals surface area contributed by atoms with Crippen LogP contribution >= 0.6 is 0 Å². The first-order chi connectivity index (χ1) is 9.05. The van der Waals surface area contributed by atoms with Gasteiger partial charge in [-0.2, -0.15) is 4.99 Å². The molecule has 7 heteroatoms. The number of isocyanates is 1. The minimum absolute atomic E-state index is 0.177. The maximum atomic E-state index is 11.0. The Bertz CT molecular complexity index is 524. The highest BCUT2D eigenvalue weighted by atomic mass is 16.7. The molecule has 2 rings (SSSR count). The molecule has 100 valence electrons. The molecule has 0 aliphatic carbocycles. The third kappa shape index (κ3) is 2.78. The lowest BCUT2D eigenvalue weighted by Gasteiger charge is -2.35. The first-order valence-corrected chi connectivity index (χ1v) is 5.76. The van der Waals surface area contributed by atoms with E-state index in [0.29, 0.717) is 18.8 Å². The Hall–Kier alpha value is -2.24. The zero-order valence-electron chi connectivity index (χ0n) is 10.4. The summed E-state index contributed by atoms with van der Waals surface area (Å²) < 4.78 is 5.23. The number of aliphatic imine (C=N–C) groups is 1. The molecule has 0 radical (unpaired) electrons. The van der Waals surface area contributed by atoms with Crippen molar-refractivity contribution in [1.82, 2.24) is 0 Å². The summed E-state index contributed by atoms with van der Waals surface area (Å²) in [5.74, 6) is 0. The van der Waals surface area contributed by atoms with Crippen LogP contribution in [0.5, 0.6) is 0 Å². The lowest BCUT2D eigenvalue weighted by atomic mass is 10.2. The van der Waals surface area contributed by atoms with Crippen molar-refractivity contribution in [2.45, 2.75) is 12.6 Å². The lowest BCUT2D eigenvalue weighted by molar-refractivity contribution is -0.623. The molecule has 1 fully saturated rings. The molecule has 19 heavy (non-hydrogen) atoms. The largest absolute Gasteiger partial charge is 0.360 e. The number of anilines is 1. The molecule has 1 unspecified atom stereocenters. The quantitative estimate of drug-likeness (QED) is 0.357. The van der Waals surface area contributed by atoms with Crippen LogP contribution < -0.4 is 4.90 Å². The van der Waals surface area contributed by atoms with Crippen LogP contribution in [0.3, 0.4) is 0 Å². The van der Waals surface area contributed by atoms with Gasteiger partial charge in [-0.25, -0.2) is 4.79 Å². The molecular weight excluding hydrogens is 250 g/mol. The van der Waals surface area contributed by atoms with E-state index in [0.717, 1.165) is 5.69 Å². The number of rotatable bonds is 3. The smallest absolute Gasteiger partial charge is 0.339 e. The Morgan fingerprint density at radius 2 is 2.16 bits per heavy atom. The van der Waals surface area contributed by atoms with Crippen molar-refractivity contribution in [2.75, 3.05) is 24.6 Å². The lowest BCUT2D eigenvalue weighted by Crippen LogP contribution is -2.54. The normalized spacial score (nSPS) is 22.7. The molecule has 1 saturated heterocycles. The van der Waals surface area contributed by atoms with E-state index in [2.05, 4.69) is 4.99 Å². The van der Waals surface area contributed by atoms with Gasteiger partial charge < -0.3 is 9.64 Å². The molecule has 0 spiro atoms. The van der Waals surface area contributed by atoms with Crippen molar-refractivity contribution in [3.8, 4) is 0 Å². The van der Waals surface area contributed by atoms with Gasteiger partial charge in [0.05, 0.1) is 17.2 Å². The second-order valence-corrected chi connectivity index (χ2v) is 4.42. The molecule has 1 atom stereocenters. The number of carbonyl (C=O) groups excluding carboxylic acids is 1. The highest BCUT2D eigenvalue weighted by Crippen LogP contribution is 2.25. The van der Waals surface area contributed by atoms with Gasteiger partial charge in [0.2, 0.25) is 6.08 Å². The van der Waals surface area contributed by atoms with Crippen LogP contribution in [0.1, 0.15) is 6.92 Å². The fourth-order valence-corrected chi connectivity index (χ4v) is 1.98. The summed E-state index contributed by atoms with van der Waals surface area (Å²) in [5.41, 5.74) is -0.0528. The van der Waals surface area contributed by atoms with Gasteiger partial charge in [0, 0.05) is 19.2 Å². The number of hydrogen-bond acceptors (Lipinski definition) is 6.